The topological polar surface area (TPSA) is 24.9 Å². The first-order valence-corrected chi connectivity index (χ1v) is 6.35. The first-order chi connectivity index (χ1) is 8.24. The number of nitrogens with one attached hydrogen (secondary N) is 1. The average Bonchev–Trinajstić information content (AvgIpc) is 2.37. The summed E-state index contributed by atoms with van der Waals surface area (Å²) in [4.78, 5) is 4.18. The zero-order valence-electron chi connectivity index (χ0n) is 9.94. The minimum atomic E-state index is 0.165. The lowest BCUT2D eigenvalue weighted by molar-refractivity contribution is 0.685. The van der Waals surface area contributed by atoms with Crippen molar-refractivity contribution in [2.75, 3.05) is 7.05 Å². The monoisotopic (exact) mass is 290 g/mol. The van der Waals surface area contributed by atoms with Crippen LogP contribution in [0.15, 0.2) is 47.2 Å². The molecular formula is C14H15BrN2. The number of halogens is 1. The Morgan fingerprint density at radius 1 is 1.24 bits per heavy atom. The van der Waals surface area contributed by atoms with Crippen LogP contribution >= 0.6 is 15.9 Å². The molecule has 0 amide bonds. The summed E-state index contributed by atoms with van der Waals surface area (Å²) in [6.07, 6.45) is 3.69. The van der Waals surface area contributed by atoms with E-state index in [4.69, 9.17) is 0 Å². The lowest BCUT2D eigenvalue weighted by Gasteiger charge is -2.19. The molecule has 0 saturated heterocycles. The highest BCUT2D eigenvalue weighted by Crippen LogP contribution is 2.30. The van der Waals surface area contributed by atoms with Crippen LogP contribution in [0.4, 0.5) is 0 Å². The molecule has 17 heavy (non-hydrogen) atoms. The van der Waals surface area contributed by atoms with E-state index in [9.17, 15) is 0 Å². The number of aryl methyl sites for hydroxylation is 1. The Morgan fingerprint density at radius 3 is 2.71 bits per heavy atom. The third kappa shape index (κ3) is 2.56. The summed E-state index contributed by atoms with van der Waals surface area (Å²) in [7, 11) is 1.96. The van der Waals surface area contributed by atoms with Gasteiger partial charge in [0.1, 0.15) is 0 Å². The SMILES string of the molecule is CNC(c1cccnc1)c1cccc(C)c1Br. The second-order valence-corrected chi connectivity index (χ2v) is 4.78. The molecule has 1 atom stereocenters. The highest BCUT2D eigenvalue weighted by Gasteiger charge is 2.15. The largest absolute Gasteiger partial charge is 0.309 e. The maximum Gasteiger partial charge on any atom is 0.0600 e. The number of pyridine rings is 1. The molecule has 2 nitrogen and oxygen atoms in total. The standard InChI is InChI=1S/C14H15BrN2/c1-10-5-3-7-12(13(10)15)14(16-2)11-6-4-8-17-9-11/h3-9,14,16H,1-2H3. The fraction of sp³-hybridized carbons (Fsp3) is 0.214. The summed E-state index contributed by atoms with van der Waals surface area (Å²) < 4.78 is 1.16. The molecule has 0 aliphatic carbocycles. The van der Waals surface area contributed by atoms with E-state index in [0.29, 0.717) is 0 Å². The van der Waals surface area contributed by atoms with Crippen LogP contribution in [0.1, 0.15) is 22.7 Å². The molecule has 1 N–H and O–H groups in total. The van der Waals surface area contributed by atoms with Crippen LogP contribution in [-0.2, 0) is 0 Å². The molecule has 2 aromatic rings. The Kier molecular flexibility index (Phi) is 3.92. The van der Waals surface area contributed by atoms with Crippen molar-refractivity contribution in [3.05, 3.63) is 63.9 Å². The highest BCUT2D eigenvalue weighted by molar-refractivity contribution is 9.10. The minimum absolute atomic E-state index is 0.165. The number of nitrogens with zero attached hydrogens (tertiary/aromatic N) is 1. The van der Waals surface area contributed by atoms with Gasteiger partial charge in [0.05, 0.1) is 6.04 Å². The van der Waals surface area contributed by atoms with Crippen molar-refractivity contribution < 1.29 is 0 Å². The summed E-state index contributed by atoms with van der Waals surface area (Å²) in [5, 5.41) is 3.33. The van der Waals surface area contributed by atoms with Crippen LogP contribution in [0.25, 0.3) is 0 Å². The molecule has 1 heterocycles. The van der Waals surface area contributed by atoms with Gasteiger partial charge >= 0.3 is 0 Å². The van der Waals surface area contributed by atoms with E-state index < -0.39 is 0 Å². The van der Waals surface area contributed by atoms with Crippen LogP contribution < -0.4 is 5.32 Å². The number of rotatable bonds is 3. The van der Waals surface area contributed by atoms with Gasteiger partial charge in [-0.15, -0.1) is 0 Å². The Hall–Kier alpha value is -1.19. The van der Waals surface area contributed by atoms with Gasteiger partial charge in [0.2, 0.25) is 0 Å². The number of benzene rings is 1. The van der Waals surface area contributed by atoms with Gasteiger partial charge in [0.25, 0.3) is 0 Å². The van der Waals surface area contributed by atoms with Gasteiger partial charge in [-0.25, -0.2) is 0 Å². The van der Waals surface area contributed by atoms with Gasteiger partial charge in [0, 0.05) is 16.9 Å². The van der Waals surface area contributed by atoms with E-state index in [1.54, 1.807) is 6.20 Å². The lowest BCUT2D eigenvalue weighted by atomic mass is 9.99. The smallest absolute Gasteiger partial charge is 0.0600 e. The van der Waals surface area contributed by atoms with Crippen molar-refractivity contribution in [2.24, 2.45) is 0 Å². The van der Waals surface area contributed by atoms with Crippen LogP contribution in [0.3, 0.4) is 0 Å². The molecule has 2 rings (SSSR count). The van der Waals surface area contributed by atoms with E-state index in [1.165, 1.54) is 16.7 Å². The van der Waals surface area contributed by atoms with Gasteiger partial charge in [-0.1, -0.05) is 40.2 Å². The maximum absolute atomic E-state index is 4.18. The quantitative estimate of drug-likeness (QED) is 0.936. The van der Waals surface area contributed by atoms with E-state index in [-0.39, 0.29) is 6.04 Å². The van der Waals surface area contributed by atoms with Crippen molar-refractivity contribution in [1.82, 2.24) is 10.3 Å². The zero-order chi connectivity index (χ0) is 12.3. The number of aromatic nitrogens is 1. The zero-order valence-corrected chi connectivity index (χ0v) is 11.5. The Balaban J connectivity index is 2.46. The molecule has 0 spiro atoms. The van der Waals surface area contributed by atoms with E-state index >= 15 is 0 Å². The Bertz CT molecular complexity index is 497. The molecule has 0 radical (unpaired) electrons. The minimum Gasteiger partial charge on any atom is -0.309 e. The molecule has 3 heteroatoms. The highest BCUT2D eigenvalue weighted by atomic mass is 79.9. The summed E-state index contributed by atoms with van der Waals surface area (Å²) in [6.45, 7) is 2.10. The van der Waals surface area contributed by atoms with Gasteiger partial charge in [-0.3, -0.25) is 4.98 Å². The van der Waals surface area contributed by atoms with Crippen LogP contribution in [0.2, 0.25) is 0 Å². The molecule has 1 aromatic carbocycles. The molecule has 0 saturated carbocycles. The molecule has 0 aliphatic heterocycles. The molecular weight excluding hydrogens is 276 g/mol. The third-order valence-corrected chi connectivity index (χ3v) is 3.92. The van der Waals surface area contributed by atoms with Crippen molar-refractivity contribution >= 4 is 15.9 Å². The first kappa shape index (κ1) is 12.3. The second kappa shape index (κ2) is 5.43. The Morgan fingerprint density at radius 2 is 2.06 bits per heavy atom. The van der Waals surface area contributed by atoms with E-state index in [1.807, 2.05) is 19.3 Å². The Labute approximate surface area is 110 Å². The fourth-order valence-electron chi connectivity index (χ4n) is 1.94. The number of hydrogen-bond donors (Lipinski definition) is 1. The van der Waals surface area contributed by atoms with Crippen LogP contribution in [0, 0.1) is 6.92 Å². The van der Waals surface area contributed by atoms with Crippen LogP contribution in [-0.4, -0.2) is 12.0 Å². The van der Waals surface area contributed by atoms with Crippen LogP contribution in [0.5, 0.6) is 0 Å². The molecule has 1 unspecified atom stereocenters. The molecule has 88 valence electrons. The average molecular weight is 291 g/mol. The fourth-order valence-corrected chi connectivity index (χ4v) is 2.43. The third-order valence-electron chi connectivity index (χ3n) is 2.84. The summed E-state index contributed by atoms with van der Waals surface area (Å²) >= 11 is 3.66. The maximum atomic E-state index is 4.18. The van der Waals surface area contributed by atoms with E-state index in [2.05, 4.69) is 57.4 Å². The molecule has 0 aliphatic rings. The summed E-state index contributed by atoms with van der Waals surface area (Å²) in [5.74, 6) is 0. The molecule has 0 bridgehead atoms. The van der Waals surface area contributed by atoms with Crippen molar-refractivity contribution in [3.8, 4) is 0 Å². The van der Waals surface area contributed by atoms with E-state index in [0.717, 1.165) is 4.47 Å². The summed E-state index contributed by atoms with van der Waals surface area (Å²) in [6, 6.07) is 10.5. The predicted octanol–water partition coefficient (Wildman–Crippen LogP) is 3.46. The normalized spacial score (nSPS) is 12.4. The van der Waals surface area contributed by atoms with Gasteiger partial charge < -0.3 is 5.32 Å². The predicted molar refractivity (Wildman–Crippen MR) is 74.0 cm³/mol. The molecule has 1 aromatic heterocycles. The van der Waals surface area contributed by atoms with Crippen molar-refractivity contribution in [1.29, 1.82) is 0 Å². The van der Waals surface area contributed by atoms with Crippen molar-refractivity contribution in [2.45, 2.75) is 13.0 Å². The summed E-state index contributed by atoms with van der Waals surface area (Å²) in [5.41, 5.74) is 3.65. The lowest BCUT2D eigenvalue weighted by Crippen LogP contribution is -2.18. The molecule has 0 fully saturated rings. The first-order valence-electron chi connectivity index (χ1n) is 5.56. The van der Waals surface area contributed by atoms with Gasteiger partial charge in [-0.2, -0.15) is 0 Å². The number of hydrogen-bond acceptors (Lipinski definition) is 2. The van der Waals surface area contributed by atoms with Gasteiger partial charge in [0.15, 0.2) is 0 Å². The van der Waals surface area contributed by atoms with Crippen molar-refractivity contribution in [3.63, 3.8) is 0 Å². The van der Waals surface area contributed by atoms with Gasteiger partial charge in [-0.05, 0) is 36.7 Å². The second-order valence-electron chi connectivity index (χ2n) is 3.99.